The van der Waals surface area contributed by atoms with Crippen LogP contribution in [0.3, 0.4) is 0 Å². The summed E-state index contributed by atoms with van der Waals surface area (Å²) in [5.74, 6) is 2.03. The molecule has 0 aromatic heterocycles. The molecule has 3 aliphatic rings. The van der Waals surface area contributed by atoms with Crippen molar-refractivity contribution in [2.75, 3.05) is 19.6 Å². The van der Waals surface area contributed by atoms with Gasteiger partial charge in [0.2, 0.25) is 11.8 Å². The number of nitrogens with zero attached hydrogens (tertiary/aromatic N) is 2. The molecule has 39 heavy (non-hydrogen) atoms. The second-order valence-electron chi connectivity index (χ2n) is 11.9. The number of benzene rings is 2. The van der Waals surface area contributed by atoms with Crippen LogP contribution in [0.25, 0.3) is 0 Å². The number of ether oxygens (including phenoxy) is 1. The van der Waals surface area contributed by atoms with Crippen LogP contribution in [0.1, 0.15) is 76.7 Å². The molecule has 1 spiro atoms. The number of carbonyl (C=O) groups excluding carboxylic acids is 2. The van der Waals surface area contributed by atoms with Gasteiger partial charge in [0.05, 0.1) is 13.1 Å². The van der Waals surface area contributed by atoms with Crippen LogP contribution >= 0.6 is 0 Å². The van der Waals surface area contributed by atoms with Gasteiger partial charge in [-0.1, -0.05) is 63.6 Å². The van der Waals surface area contributed by atoms with Crippen molar-refractivity contribution in [3.8, 4) is 11.5 Å². The van der Waals surface area contributed by atoms with Crippen molar-refractivity contribution in [2.45, 2.75) is 89.3 Å². The van der Waals surface area contributed by atoms with Crippen molar-refractivity contribution in [3.63, 3.8) is 0 Å². The minimum absolute atomic E-state index is 0.0484. The van der Waals surface area contributed by atoms with E-state index in [0.29, 0.717) is 44.9 Å². The lowest BCUT2D eigenvalue weighted by atomic mass is 9.79. The van der Waals surface area contributed by atoms with E-state index in [1.54, 1.807) is 0 Å². The predicted octanol–water partition coefficient (Wildman–Crippen LogP) is 5.92. The molecule has 2 heterocycles. The standard InChI is InChI=1S/C32H43N3O4/c1-2-3-20-34-30(36)29(23-25-10-6-4-7-11-25)33-31(37)32(34)18-21-35(38,22-19-32)24-26-14-16-28(17-15-26)39-27-12-8-5-9-13-27/h5,8-9,12-17,25,29H,2-4,6-7,10-11,18-24H2,1H3,(H,33,37)/t29-,32?,35?/m0/s1. The number of rotatable bonds is 9. The number of carbonyl (C=O) groups is 2. The molecule has 2 saturated heterocycles. The number of unbranched alkanes of at least 4 members (excludes halogenated alkanes) is 1. The summed E-state index contributed by atoms with van der Waals surface area (Å²) >= 11 is 0. The average Bonchev–Trinajstić information content (AvgIpc) is 2.95. The number of amides is 2. The predicted molar refractivity (Wildman–Crippen MR) is 152 cm³/mol. The number of para-hydroxylation sites is 1. The monoisotopic (exact) mass is 533 g/mol. The van der Waals surface area contributed by atoms with E-state index in [4.69, 9.17) is 4.74 Å². The van der Waals surface area contributed by atoms with Crippen LogP contribution < -0.4 is 10.1 Å². The molecule has 2 amide bonds. The Kier molecular flexibility index (Phi) is 8.57. The van der Waals surface area contributed by atoms with Crippen molar-refractivity contribution in [2.24, 2.45) is 5.92 Å². The molecule has 1 atom stereocenters. The molecule has 3 fully saturated rings. The maximum absolute atomic E-state index is 13.8. The first-order valence-corrected chi connectivity index (χ1v) is 14.9. The first-order chi connectivity index (χ1) is 18.9. The Hall–Kier alpha value is -2.90. The third-order valence-electron chi connectivity index (χ3n) is 9.08. The molecule has 1 N–H and O–H groups in total. The second-order valence-corrected chi connectivity index (χ2v) is 11.9. The third-order valence-corrected chi connectivity index (χ3v) is 9.08. The van der Waals surface area contributed by atoms with E-state index in [-0.39, 0.29) is 16.5 Å². The van der Waals surface area contributed by atoms with Gasteiger partial charge in [-0.05, 0) is 55.2 Å². The summed E-state index contributed by atoms with van der Waals surface area (Å²) in [4.78, 5) is 29.3. The van der Waals surface area contributed by atoms with Crippen LogP contribution in [-0.2, 0) is 16.1 Å². The van der Waals surface area contributed by atoms with Crippen molar-refractivity contribution < 1.29 is 19.0 Å². The summed E-state index contributed by atoms with van der Waals surface area (Å²) in [6.45, 7) is 3.68. The van der Waals surface area contributed by atoms with Crippen molar-refractivity contribution in [1.82, 2.24) is 10.2 Å². The Morgan fingerprint density at radius 3 is 2.31 bits per heavy atom. The summed E-state index contributed by atoms with van der Waals surface area (Å²) in [7, 11) is 0. The van der Waals surface area contributed by atoms with Crippen molar-refractivity contribution in [1.29, 1.82) is 0 Å². The van der Waals surface area contributed by atoms with Crippen LogP contribution in [0.15, 0.2) is 54.6 Å². The van der Waals surface area contributed by atoms with E-state index >= 15 is 0 Å². The Morgan fingerprint density at radius 2 is 1.64 bits per heavy atom. The van der Waals surface area contributed by atoms with Crippen LogP contribution in [0.4, 0.5) is 0 Å². The zero-order chi connectivity index (χ0) is 27.3. The largest absolute Gasteiger partial charge is 0.633 e. The molecule has 2 aromatic carbocycles. The SMILES string of the molecule is CCCCN1C(=O)[C@H](CC2CCCCC2)NC(=O)C12CC[N+]([O-])(Cc1ccc(Oc3ccccc3)cc1)CC2. The van der Waals surface area contributed by atoms with Gasteiger partial charge < -0.3 is 24.8 Å². The summed E-state index contributed by atoms with van der Waals surface area (Å²) in [6.07, 6.45) is 9.39. The van der Waals surface area contributed by atoms with Gasteiger partial charge in [0.25, 0.3) is 0 Å². The number of piperidine rings is 1. The topological polar surface area (TPSA) is 81.7 Å². The van der Waals surface area contributed by atoms with Gasteiger partial charge >= 0.3 is 0 Å². The molecule has 1 saturated carbocycles. The smallest absolute Gasteiger partial charge is 0.247 e. The van der Waals surface area contributed by atoms with Crippen LogP contribution in [0.5, 0.6) is 11.5 Å². The minimum atomic E-state index is -0.894. The number of nitrogens with one attached hydrogen (secondary N) is 1. The van der Waals surface area contributed by atoms with Crippen LogP contribution in [0, 0.1) is 11.1 Å². The van der Waals surface area contributed by atoms with Crippen molar-refractivity contribution in [3.05, 3.63) is 65.4 Å². The average molecular weight is 534 g/mol. The Labute approximate surface area is 232 Å². The summed E-state index contributed by atoms with van der Waals surface area (Å²) in [5, 5.41) is 16.9. The van der Waals surface area contributed by atoms with Gasteiger partial charge in [-0.15, -0.1) is 0 Å². The number of hydrogen-bond acceptors (Lipinski definition) is 4. The first kappa shape index (κ1) is 27.7. The lowest BCUT2D eigenvalue weighted by Gasteiger charge is -2.56. The minimum Gasteiger partial charge on any atom is -0.633 e. The Bertz CT molecular complexity index is 1110. The fraction of sp³-hybridized carbons (Fsp3) is 0.562. The zero-order valence-electron chi connectivity index (χ0n) is 23.3. The number of hydroxylamine groups is 3. The highest BCUT2D eigenvalue weighted by Crippen LogP contribution is 2.38. The summed E-state index contributed by atoms with van der Waals surface area (Å²) < 4.78 is 5.50. The molecule has 0 radical (unpaired) electrons. The third kappa shape index (κ3) is 6.30. The first-order valence-electron chi connectivity index (χ1n) is 14.9. The highest BCUT2D eigenvalue weighted by Gasteiger charge is 2.55. The van der Waals surface area contributed by atoms with E-state index in [0.717, 1.165) is 49.2 Å². The number of likely N-dealkylation sites (tertiary alicyclic amines) is 1. The molecule has 2 aliphatic heterocycles. The van der Waals surface area contributed by atoms with Gasteiger partial charge in [-0.3, -0.25) is 9.59 Å². The van der Waals surface area contributed by atoms with Gasteiger partial charge in [-0.25, -0.2) is 0 Å². The van der Waals surface area contributed by atoms with Gasteiger partial charge in [-0.2, -0.15) is 0 Å². The summed E-state index contributed by atoms with van der Waals surface area (Å²) in [6, 6.07) is 16.9. The molecule has 1 aliphatic carbocycles. The van der Waals surface area contributed by atoms with Gasteiger partial charge in [0.1, 0.15) is 29.6 Å². The lowest BCUT2D eigenvalue weighted by molar-refractivity contribution is -0.900. The molecule has 2 aromatic rings. The molecule has 210 valence electrons. The molecule has 0 bridgehead atoms. The molecule has 5 rings (SSSR count). The molecular weight excluding hydrogens is 490 g/mol. The van der Waals surface area contributed by atoms with Gasteiger partial charge in [0, 0.05) is 24.9 Å². The molecule has 0 unspecified atom stereocenters. The normalized spacial score (nSPS) is 27.9. The molecular formula is C32H43N3O4. The molecule has 7 nitrogen and oxygen atoms in total. The highest BCUT2D eigenvalue weighted by atomic mass is 16.5. The maximum Gasteiger partial charge on any atom is 0.247 e. The lowest BCUT2D eigenvalue weighted by Crippen LogP contribution is -2.74. The van der Waals surface area contributed by atoms with Gasteiger partial charge in [0.15, 0.2) is 0 Å². The zero-order valence-corrected chi connectivity index (χ0v) is 23.3. The van der Waals surface area contributed by atoms with E-state index < -0.39 is 11.6 Å². The maximum atomic E-state index is 13.8. The fourth-order valence-corrected chi connectivity index (χ4v) is 6.72. The van der Waals surface area contributed by atoms with Crippen molar-refractivity contribution >= 4 is 11.8 Å². The fourth-order valence-electron chi connectivity index (χ4n) is 6.72. The number of hydrogen-bond donors (Lipinski definition) is 1. The van der Waals surface area contributed by atoms with E-state index in [1.165, 1.54) is 19.3 Å². The Morgan fingerprint density at radius 1 is 0.974 bits per heavy atom. The van der Waals surface area contributed by atoms with E-state index in [2.05, 4.69) is 12.2 Å². The number of quaternary nitrogens is 1. The second kappa shape index (κ2) is 12.1. The van der Waals surface area contributed by atoms with E-state index in [1.807, 2.05) is 59.5 Å². The molecule has 7 heteroatoms. The van der Waals surface area contributed by atoms with E-state index in [9.17, 15) is 14.8 Å². The highest BCUT2D eigenvalue weighted by molar-refractivity contribution is 6.00. The number of piperazine rings is 1. The Balaban J connectivity index is 1.24. The quantitative estimate of drug-likeness (QED) is 0.320. The van der Waals surface area contributed by atoms with Crippen LogP contribution in [0.2, 0.25) is 0 Å². The summed E-state index contributed by atoms with van der Waals surface area (Å²) in [5.41, 5.74) is 0.0513. The van der Waals surface area contributed by atoms with Crippen LogP contribution in [-0.4, -0.2) is 52.6 Å².